The van der Waals surface area contributed by atoms with Crippen LogP contribution in [-0.4, -0.2) is 33.9 Å². The van der Waals surface area contributed by atoms with Crippen LogP contribution in [0.4, 0.5) is 0 Å². The molecule has 5 nitrogen and oxygen atoms in total. The molecule has 5 heteroatoms. The highest BCUT2D eigenvalue weighted by atomic mass is 16.3. The Labute approximate surface area is 201 Å². The van der Waals surface area contributed by atoms with Gasteiger partial charge in [0.15, 0.2) is 5.78 Å². The highest BCUT2D eigenvalue weighted by Gasteiger charge is 2.66. The first-order valence-electron chi connectivity index (χ1n) is 12.4. The molecular formula is C29H34N2O3. The fraction of sp³-hybridized carbons (Fsp3) is 0.448. The lowest BCUT2D eigenvalue weighted by molar-refractivity contribution is -0.144. The number of aromatic amines is 1. The summed E-state index contributed by atoms with van der Waals surface area (Å²) in [5.41, 5.74) is 2.67. The van der Waals surface area contributed by atoms with Crippen LogP contribution in [0.1, 0.15) is 45.6 Å². The molecule has 2 aliphatic carbocycles. The van der Waals surface area contributed by atoms with E-state index >= 15 is 0 Å². The number of aromatic nitrogens is 1. The second kappa shape index (κ2) is 8.70. The molecule has 5 rings (SSSR count). The van der Waals surface area contributed by atoms with E-state index in [9.17, 15) is 14.7 Å². The standard InChI is InChI=1S/C29H34N2O3/c1-17-9-4-7-14-25(32)29-22(12-8-10-17)27(33)19(3)18(2)26(29)24(31-28(29)34)15-20-16-30-23-13-6-5-11-21(20)23/h5-8,11-14,16-17,22,24,26-27,30,33H,4,9-10,15H2,1-3H3,(H,31,34)/b12-8+,14-7?/t17-,22+,24+,26+,27-,29-/m1/s1. The normalized spacial score (nSPS) is 35.0. The van der Waals surface area contributed by atoms with Crippen molar-refractivity contribution in [1.82, 2.24) is 10.3 Å². The zero-order valence-corrected chi connectivity index (χ0v) is 20.2. The van der Waals surface area contributed by atoms with E-state index in [-0.39, 0.29) is 23.7 Å². The quantitative estimate of drug-likeness (QED) is 0.453. The molecule has 0 radical (unpaired) electrons. The summed E-state index contributed by atoms with van der Waals surface area (Å²) in [5.74, 6) is -0.873. The monoisotopic (exact) mass is 458 g/mol. The SMILES string of the molecule is CC1=C(C)[C@H]2[C@H](Cc3c[nH]c4ccccc34)NC(=O)[C@]23C(=O)C=CCC[C@@H](C)C/C=C/[C@H]3[C@@H]1O. The van der Waals surface area contributed by atoms with Gasteiger partial charge < -0.3 is 15.4 Å². The van der Waals surface area contributed by atoms with Crippen LogP contribution in [0, 0.1) is 23.2 Å². The lowest BCUT2D eigenvalue weighted by atomic mass is 9.55. The van der Waals surface area contributed by atoms with Crippen molar-refractivity contribution in [2.24, 2.45) is 23.2 Å². The van der Waals surface area contributed by atoms with E-state index in [1.165, 1.54) is 0 Å². The first-order chi connectivity index (χ1) is 16.4. The number of amides is 1. The molecule has 0 unspecified atom stereocenters. The zero-order valence-electron chi connectivity index (χ0n) is 20.2. The molecule has 1 aromatic heterocycles. The van der Waals surface area contributed by atoms with Crippen molar-refractivity contribution in [2.75, 3.05) is 0 Å². The number of aliphatic hydroxyl groups is 1. The molecule has 1 saturated heterocycles. The average molecular weight is 459 g/mol. The number of H-pyrrole nitrogens is 1. The van der Waals surface area contributed by atoms with Crippen molar-refractivity contribution in [2.45, 2.75) is 58.6 Å². The molecule has 1 aliphatic heterocycles. The van der Waals surface area contributed by atoms with Crippen molar-refractivity contribution in [3.63, 3.8) is 0 Å². The molecule has 3 aliphatic rings. The number of fused-ring (bicyclic) bond motifs is 1. The van der Waals surface area contributed by atoms with Crippen molar-refractivity contribution in [1.29, 1.82) is 0 Å². The van der Waals surface area contributed by atoms with Crippen molar-refractivity contribution in [3.05, 3.63) is 71.5 Å². The van der Waals surface area contributed by atoms with Gasteiger partial charge in [0.25, 0.3) is 0 Å². The summed E-state index contributed by atoms with van der Waals surface area (Å²) in [4.78, 5) is 31.1. The number of para-hydroxylation sites is 1. The van der Waals surface area contributed by atoms with Gasteiger partial charge in [0, 0.05) is 35.0 Å². The van der Waals surface area contributed by atoms with Gasteiger partial charge in [-0.15, -0.1) is 0 Å². The van der Waals surface area contributed by atoms with Gasteiger partial charge in [-0.1, -0.05) is 48.9 Å². The van der Waals surface area contributed by atoms with E-state index in [4.69, 9.17) is 0 Å². The van der Waals surface area contributed by atoms with Crippen molar-refractivity contribution < 1.29 is 14.7 Å². The molecule has 3 N–H and O–H groups in total. The lowest BCUT2D eigenvalue weighted by Crippen LogP contribution is -2.55. The number of aliphatic hydroxyl groups excluding tert-OH is 1. The van der Waals surface area contributed by atoms with E-state index in [0.717, 1.165) is 46.9 Å². The third-order valence-corrected chi connectivity index (χ3v) is 8.48. The van der Waals surface area contributed by atoms with Crippen LogP contribution in [0.25, 0.3) is 10.9 Å². The third-order valence-electron chi connectivity index (χ3n) is 8.48. The molecule has 0 saturated carbocycles. The van der Waals surface area contributed by atoms with Crippen LogP contribution >= 0.6 is 0 Å². The van der Waals surface area contributed by atoms with Gasteiger partial charge in [-0.3, -0.25) is 9.59 Å². The summed E-state index contributed by atoms with van der Waals surface area (Å²) in [6.07, 6.45) is 12.0. The molecule has 34 heavy (non-hydrogen) atoms. The highest BCUT2D eigenvalue weighted by molar-refractivity contribution is 6.14. The lowest BCUT2D eigenvalue weighted by Gasteiger charge is -2.45. The predicted molar refractivity (Wildman–Crippen MR) is 134 cm³/mol. The van der Waals surface area contributed by atoms with E-state index in [1.807, 2.05) is 50.4 Å². The van der Waals surface area contributed by atoms with Gasteiger partial charge in [0.1, 0.15) is 5.41 Å². The molecule has 1 fully saturated rings. The fourth-order valence-corrected chi connectivity index (χ4v) is 6.51. The summed E-state index contributed by atoms with van der Waals surface area (Å²) < 4.78 is 0. The van der Waals surface area contributed by atoms with Gasteiger partial charge in [0.2, 0.25) is 5.91 Å². The average Bonchev–Trinajstić information content (AvgIpc) is 3.35. The van der Waals surface area contributed by atoms with Crippen LogP contribution < -0.4 is 5.32 Å². The van der Waals surface area contributed by atoms with Gasteiger partial charge in [-0.05, 0) is 68.7 Å². The van der Waals surface area contributed by atoms with Crippen LogP contribution in [0.15, 0.2) is 65.9 Å². The number of hydrogen-bond donors (Lipinski definition) is 3. The first-order valence-corrected chi connectivity index (χ1v) is 12.4. The van der Waals surface area contributed by atoms with E-state index in [1.54, 1.807) is 6.08 Å². The number of allylic oxidation sites excluding steroid dienone is 3. The molecule has 0 bridgehead atoms. The topological polar surface area (TPSA) is 82.2 Å². The molecule has 178 valence electrons. The van der Waals surface area contributed by atoms with Gasteiger partial charge in [-0.2, -0.15) is 0 Å². The third kappa shape index (κ3) is 3.40. The van der Waals surface area contributed by atoms with Crippen LogP contribution in [0.2, 0.25) is 0 Å². The number of carbonyl (C=O) groups excluding carboxylic acids is 2. The Balaban J connectivity index is 1.64. The van der Waals surface area contributed by atoms with E-state index in [0.29, 0.717) is 12.3 Å². The Hall–Kier alpha value is -2.92. The number of hydrogen-bond acceptors (Lipinski definition) is 3. The number of rotatable bonds is 2. The maximum absolute atomic E-state index is 13.9. The molecule has 2 heterocycles. The first kappa shape index (κ1) is 22.9. The second-order valence-electron chi connectivity index (χ2n) is 10.4. The minimum Gasteiger partial charge on any atom is -0.388 e. The molecule has 1 aromatic carbocycles. The van der Waals surface area contributed by atoms with Gasteiger partial charge >= 0.3 is 0 Å². The Kier molecular flexibility index (Phi) is 5.85. The van der Waals surface area contributed by atoms with Crippen molar-refractivity contribution >= 4 is 22.6 Å². The predicted octanol–water partition coefficient (Wildman–Crippen LogP) is 4.64. The smallest absolute Gasteiger partial charge is 0.235 e. The fourth-order valence-electron chi connectivity index (χ4n) is 6.51. The molecular weight excluding hydrogens is 424 g/mol. The van der Waals surface area contributed by atoms with E-state index < -0.39 is 17.4 Å². The minimum atomic E-state index is -1.33. The molecule has 1 spiro atoms. The maximum Gasteiger partial charge on any atom is 0.235 e. The summed E-state index contributed by atoms with van der Waals surface area (Å²) in [5, 5.41) is 15.7. The molecule has 6 atom stereocenters. The summed E-state index contributed by atoms with van der Waals surface area (Å²) in [6, 6.07) is 7.91. The van der Waals surface area contributed by atoms with Crippen LogP contribution in [0.5, 0.6) is 0 Å². The Morgan fingerprint density at radius 3 is 2.74 bits per heavy atom. The Morgan fingerprint density at radius 2 is 1.91 bits per heavy atom. The summed E-state index contributed by atoms with van der Waals surface area (Å²) in [6.45, 7) is 6.12. The molecule has 2 aromatic rings. The summed E-state index contributed by atoms with van der Waals surface area (Å²) >= 11 is 0. The van der Waals surface area contributed by atoms with Crippen molar-refractivity contribution in [3.8, 4) is 0 Å². The Morgan fingerprint density at radius 1 is 1.12 bits per heavy atom. The number of benzene rings is 1. The number of carbonyl (C=O) groups is 2. The number of nitrogens with one attached hydrogen (secondary N) is 2. The maximum atomic E-state index is 13.9. The molecule has 1 amide bonds. The zero-order chi connectivity index (χ0) is 24.0. The van der Waals surface area contributed by atoms with Crippen LogP contribution in [-0.2, 0) is 16.0 Å². The van der Waals surface area contributed by atoms with Crippen LogP contribution in [0.3, 0.4) is 0 Å². The number of ketones is 1. The highest BCUT2D eigenvalue weighted by Crippen LogP contribution is 2.55. The van der Waals surface area contributed by atoms with Gasteiger partial charge in [-0.25, -0.2) is 0 Å². The largest absolute Gasteiger partial charge is 0.388 e. The second-order valence-corrected chi connectivity index (χ2v) is 10.4. The van der Waals surface area contributed by atoms with Gasteiger partial charge in [0.05, 0.1) is 6.10 Å². The summed E-state index contributed by atoms with van der Waals surface area (Å²) in [7, 11) is 0. The van der Waals surface area contributed by atoms with E-state index in [2.05, 4.69) is 29.4 Å². The Bertz CT molecular complexity index is 1220. The minimum absolute atomic E-state index is 0.188.